The Kier molecular flexibility index (Phi) is 4.55. The van der Waals surface area contributed by atoms with E-state index in [2.05, 4.69) is 46.2 Å². The van der Waals surface area contributed by atoms with E-state index in [1.54, 1.807) is 6.92 Å². The van der Waals surface area contributed by atoms with E-state index >= 15 is 0 Å². The van der Waals surface area contributed by atoms with E-state index < -0.39 is 0 Å². The van der Waals surface area contributed by atoms with E-state index in [-0.39, 0.29) is 0 Å². The minimum absolute atomic E-state index is 0.562. The van der Waals surface area contributed by atoms with Crippen LogP contribution in [-0.4, -0.2) is 21.7 Å². The largest absolute Gasteiger partial charge is 0.342 e. The first-order valence-corrected chi connectivity index (χ1v) is 5.17. The lowest BCUT2D eigenvalue weighted by Crippen LogP contribution is -2.09. The zero-order valence-corrected chi connectivity index (χ0v) is 9.46. The Balaban J connectivity index is 2.77. The van der Waals surface area contributed by atoms with Crippen LogP contribution in [0.15, 0.2) is 0 Å². The lowest BCUT2D eigenvalue weighted by Gasteiger charge is -2.05. The van der Waals surface area contributed by atoms with Crippen molar-refractivity contribution < 1.29 is 0 Å². The topological polar surface area (TPSA) is 50.7 Å². The molecular formula is C11H16N4. The highest BCUT2D eigenvalue weighted by molar-refractivity contribution is 5.27. The predicted octanol–water partition coefficient (Wildman–Crippen LogP) is 1.43. The first kappa shape index (κ1) is 11.4. The van der Waals surface area contributed by atoms with Crippen molar-refractivity contribution in [3.63, 3.8) is 0 Å². The van der Waals surface area contributed by atoms with Gasteiger partial charge < -0.3 is 5.32 Å². The summed E-state index contributed by atoms with van der Waals surface area (Å²) in [6.07, 6.45) is 1.76. The zero-order valence-electron chi connectivity index (χ0n) is 9.46. The molecule has 80 valence electrons. The molecule has 1 aromatic heterocycles. The van der Waals surface area contributed by atoms with Gasteiger partial charge in [-0.05, 0) is 19.8 Å². The SMILES string of the molecule is CC#CCNc1nnc(CC)c(CC)n1. The van der Waals surface area contributed by atoms with Crippen molar-refractivity contribution in [2.75, 3.05) is 11.9 Å². The van der Waals surface area contributed by atoms with Crippen LogP contribution >= 0.6 is 0 Å². The van der Waals surface area contributed by atoms with Gasteiger partial charge in [0.15, 0.2) is 0 Å². The van der Waals surface area contributed by atoms with E-state index in [0.29, 0.717) is 12.5 Å². The molecule has 0 aromatic carbocycles. The first-order chi connectivity index (χ1) is 7.31. The second-order valence-corrected chi connectivity index (χ2v) is 3.02. The number of nitrogens with zero attached hydrogens (tertiary/aromatic N) is 3. The predicted molar refractivity (Wildman–Crippen MR) is 60.5 cm³/mol. The van der Waals surface area contributed by atoms with Gasteiger partial charge in [-0.2, -0.15) is 5.10 Å². The van der Waals surface area contributed by atoms with E-state index in [9.17, 15) is 0 Å². The van der Waals surface area contributed by atoms with Gasteiger partial charge in [0.25, 0.3) is 0 Å². The highest BCUT2D eigenvalue weighted by Gasteiger charge is 2.04. The van der Waals surface area contributed by atoms with E-state index in [4.69, 9.17) is 0 Å². The van der Waals surface area contributed by atoms with Crippen molar-refractivity contribution in [1.29, 1.82) is 0 Å². The van der Waals surface area contributed by atoms with Crippen molar-refractivity contribution in [3.05, 3.63) is 11.4 Å². The summed E-state index contributed by atoms with van der Waals surface area (Å²) in [4.78, 5) is 4.38. The minimum atomic E-state index is 0.562. The van der Waals surface area contributed by atoms with Gasteiger partial charge in [-0.1, -0.05) is 19.8 Å². The molecule has 0 saturated heterocycles. The number of nitrogens with one attached hydrogen (secondary N) is 1. The molecule has 0 aliphatic heterocycles. The second-order valence-electron chi connectivity index (χ2n) is 3.02. The molecule has 0 fully saturated rings. The molecular weight excluding hydrogens is 188 g/mol. The monoisotopic (exact) mass is 204 g/mol. The number of aryl methyl sites for hydroxylation is 2. The summed E-state index contributed by atoms with van der Waals surface area (Å²) in [5.41, 5.74) is 1.99. The van der Waals surface area contributed by atoms with Crippen LogP contribution in [0.1, 0.15) is 32.2 Å². The Morgan fingerprint density at radius 3 is 2.47 bits per heavy atom. The summed E-state index contributed by atoms with van der Waals surface area (Å²) in [6, 6.07) is 0. The molecule has 0 bridgehead atoms. The van der Waals surface area contributed by atoms with Crippen LogP contribution < -0.4 is 5.32 Å². The Bertz CT molecular complexity index is 376. The van der Waals surface area contributed by atoms with Crippen LogP contribution in [0.5, 0.6) is 0 Å². The normalized spacial score (nSPS) is 9.27. The Labute approximate surface area is 90.5 Å². The van der Waals surface area contributed by atoms with Gasteiger partial charge in [0, 0.05) is 0 Å². The molecule has 1 heterocycles. The Hall–Kier alpha value is -1.63. The van der Waals surface area contributed by atoms with Crippen LogP contribution in [-0.2, 0) is 12.8 Å². The van der Waals surface area contributed by atoms with Gasteiger partial charge in [0.2, 0.25) is 5.95 Å². The highest BCUT2D eigenvalue weighted by atomic mass is 15.2. The van der Waals surface area contributed by atoms with Crippen LogP contribution in [0.25, 0.3) is 0 Å². The molecule has 1 rings (SSSR count). The molecule has 15 heavy (non-hydrogen) atoms. The van der Waals surface area contributed by atoms with Crippen molar-refractivity contribution in [3.8, 4) is 11.8 Å². The first-order valence-electron chi connectivity index (χ1n) is 5.17. The maximum absolute atomic E-state index is 4.38. The summed E-state index contributed by atoms with van der Waals surface area (Å²) in [5, 5.41) is 11.1. The number of hydrogen-bond donors (Lipinski definition) is 1. The van der Waals surface area contributed by atoms with Crippen molar-refractivity contribution in [2.24, 2.45) is 0 Å². The average Bonchev–Trinajstić information content (AvgIpc) is 2.29. The fourth-order valence-corrected chi connectivity index (χ4v) is 1.22. The van der Waals surface area contributed by atoms with E-state index in [1.807, 2.05) is 0 Å². The van der Waals surface area contributed by atoms with Crippen molar-refractivity contribution in [2.45, 2.75) is 33.6 Å². The van der Waals surface area contributed by atoms with Gasteiger partial charge in [-0.3, -0.25) is 0 Å². The van der Waals surface area contributed by atoms with Crippen LogP contribution in [0, 0.1) is 11.8 Å². The number of rotatable bonds is 4. The number of aromatic nitrogens is 3. The maximum Gasteiger partial charge on any atom is 0.243 e. The van der Waals surface area contributed by atoms with Crippen molar-refractivity contribution in [1.82, 2.24) is 15.2 Å². The zero-order chi connectivity index (χ0) is 11.1. The summed E-state index contributed by atoms with van der Waals surface area (Å²) < 4.78 is 0. The van der Waals surface area contributed by atoms with Crippen LogP contribution in [0.2, 0.25) is 0 Å². The molecule has 0 unspecified atom stereocenters. The molecule has 4 nitrogen and oxygen atoms in total. The molecule has 0 saturated carbocycles. The second kappa shape index (κ2) is 5.97. The summed E-state index contributed by atoms with van der Waals surface area (Å²) in [5.74, 6) is 6.26. The summed E-state index contributed by atoms with van der Waals surface area (Å²) >= 11 is 0. The standard InChI is InChI=1S/C11H16N4/c1-4-7-8-12-11-13-9(5-2)10(6-3)14-15-11/h5-6,8H2,1-3H3,(H,12,13,15). The smallest absolute Gasteiger partial charge is 0.243 e. The Morgan fingerprint density at radius 2 is 1.87 bits per heavy atom. The lowest BCUT2D eigenvalue weighted by atomic mass is 10.2. The summed E-state index contributed by atoms with van der Waals surface area (Å²) in [6.45, 7) is 6.49. The quantitative estimate of drug-likeness (QED) is 0.754. The lowest BCUT2D eigenvalue weighted by molar-refractivity contribution is 0.825. The maximum atomic E-state index is 4.38. The van der Waals surface area contributed by atoms with Crippen molar-refractivity contribution >= 4 is 5.95 Å². The molecule has 0 atom stereocenters. The molecule has 1 aromatic rings. The van der Waals surface area contributed by atoms with Gasteiger partial charge >= 0.3 is 0 Å². The molecule has 0 amide bonds. The third-order valence-corrected chi connectivity index (χ3v) is 2.02. The van der Waals surface area contributed by atoms with Crippen LogP contribution in [0.3, 0.4) is 0 Å². The number of hydrogen-bond acceptors (Lipinski definition) is 4. The molecule has 4 heteroatoms. The molecule has 0 aliphatic rings. The third kappa shape index (κ3) is 3.21. The fraction of sp³-hybridized carbons (Fsp3) is 0.545. The van der Waals surface area contributed by atoms with E-state index in [0.717, 1.165) is 24.2 Å². The fourth-order valence-electron chi connectivity index (χ4n) is 1.22. The van der Waals surface area contributed by atoms with Gasteiger partial charge in [0.1, 0.15) is 0 Å². The van der Waals surface area contributed by atoms with Gasteiger partial charge in [-0.15, -0.1) is 11.0 Å². The molecule has 0 spiro atoms. The molecule has 0 radical (unpaired) electrons. The van der Waals surface area contributed by atoms with E-state index in [1.165, 1.54) is 0 Å². The molecule has 0 aliphatic carbocycles. The highest BCUT2D eigenvalue weighted by Crippen LogP contribution is 2.06. The number of anilines is 1. The summed E-state index contributed by atoms with van der Waals surface area (Å²) in [7, 11) is 0. The third-order valence-electron chi connectivity index (χ3n) is 2.02. The van der Waals surface area contributed by atoms with Gasteiger partial charge in [-0.25, -0.2) is 4.98 Å². The average molecular weight is 204 g/mol. The molecule has 1 N–H and O–H groups in total. The Morgan fingerprint density at radius 1 is 1.13 bits per heavy atom. The minimum Gasteiger partial charge on any atom is -0.342 e. The van der Waals surface area contributed by atoms with Crippen LogP contribution in [0.4, 0.5) is 5.95 Å². The van der Waals surface area contributed by atoms with Gasteiger partial charge in [0.05, 0.1) is 17.9 Å².